The molecule has 2 aromatic rings. The lowest BCUT2D eigenvalue weighted by Crippen LogP contribution is -2.22. The predicted molar refractivity (Wildman–Crippen MR) is 88.3 cm³/mol. The molecule has 0 atom stereocenters. The number of aryl methyl sites for hydroxylation is 1. The summed E-state index contributed by atoms with van der Waals surface area (Å²) in [6.07, 6.45) is 0. The van der Waals surface area contributed by atoms with Crippen LogP contribution >= 0.6 is 11.6 Å². The molecule has 0 aliphatic carbocycles. The van der Waals surface area contributed by atoms with Crippen molar-refractivity contribution in [2.24, 2.45) is 0 Å². The fourth-order valence-corrected chi connectivity index (χ4v) is 2.27. The number of nitrogens with two attached hydrogens (primary N) is 1. The van der Waals surface area contributed by atoms with E-state index < -0.39 is 0 Å². The molecule has 21 heavy (non-hydrogen) atoms. The molecular formula is C16H18ClN3O. The van der Waals surface area contributed by atoms with E-state index in [1.54, 1.807) is 18.2 Å². The molecule has 0 bridgehead atoms. The normalized spacial score (nSPS) is 10.2. The van der Waals surface area contributed by atoms with Crippen LogP contribution in [0.5, 0.6) is 0 Å². The maximum absolute atomic E-state index is 11.8. The molecule has 0 aliphatic rings. The number of carbonyl (C=O) groups is 1. The van der Waals surface area contributed by atoms with Gasteiger partial charge in [0.2, 0.25) is 0 Å². The van der Waals surface area contributed by atoms with E-state index in [2.05, 4.69) is 10.6 Å². The first-order valence-electron chi connectivity index (χ1n) is 6.72. The van der Waals surface area contributed by atoms with Crippen molar-refractivity contribution >= 4 is 34.6 Å². The van der Waals surface area contributed by atoms with E-state index in [0.29, 0.717) is 22.8 Å². The van der Waals surface area contributed by atoms with E-state index in [1.165, 1.54) is 0 Å². The summed E-state index contributed by atoms with van der Waals surface area (Å²) in [7, 11) is 0. The van der Waals surface area contributed by atoms with Gasteiger partial charge >= 0.3 is 0 Å². The standard InChI is InChI=1S/C16H18ClN3O/c1-3-19-16(21)11-7-8-14(13(18)9-11)20-15-10(2)5-4-6-12(15)17/h4-9,20H,3,18H2,1-2H3,(H,19,21). The zero-order chi connectivity index (χ0) is 15.4. The van der Waals surface area contributed by atoms with Crippen LogP contribution in [0.3, 0.4) is 0 Å². The molecule has 5 heteroatoms. The van der Waals surface area contributed by atoms with Crippen LogP contribution in [0.1, 0.15) is 22.8 Å². The topological polar surface area (TPSA) is 67.2 Å². The number of para-hydroxylation sites is 1. The van der Waals surface area contributed by atoms with Crippen LogP contribution in [0.4, 0.5) is 17.1 Å². The molecular weight excluding hydrogens is 286 g/mol. The van der Waals surface area contributed by atoms with Gasteiger partial charge in [-0.2, -0.15) is 0 Å². The molecule has 0 radical (unpaired) electrons. The van der Waals surface area contributed by atoms with Crippen molar-refractivity contribution in [3.63, 3.8) is 0 Å². The third kappa shape index (κ3) is 3.47. The molecule has 0 fully saturated rings. The van der Waals surface area contributed by atoms with E-state index in [1.807, 2.05) is 32.0 Å². The van der Waals surface area contributed by atoms with Crippen molar-refractivity contribution in [2.75, 3.05) is 17.6 Å². The number of carbonyl (C=O) groups excluding carboxylic acids is 1. The Morgan fingerprint density at radius 1 is 1.29 bits per heavy atom. The summed E-state index contributed by atoms with van der Waals surface area (Å²) in [6.45, 7) is 4.42. The van der Waals surface area contributed by atoms with Gasteiger partial charge in [0.25, 0.3) is 5.91 Å². The second-order valence-electron chi connectivity index (χ2n) is 4.72. The molecule has 4 nitrogen and oxygen atoms in total. The van der Waals surface area contributed by atoms with Crippen molar-refractivity contribution in [3.8, 4) is 0 Å². The first kappa shape index (κ1) is 15.2. The summed E-state index contributed by atoms with van der Waals surface area (Å²) in [5.41, 5.74) is 9.61. The number of nitrogen functional groups attached to an aromatic ring is 1. The summed E-state index contributed by atoms with van der Waals surface area (Å²) < 4.78 is 0. The number of benzene rings is 2. The summed E-state index contributed by atoms with van der Waals surface area (Å²) >= 11 is 6.19. The number of anilines is 3. The summed E-state index contributed by atoms with van der Waals surface area (Å²) in [4.78, 5) is 11.8. The molecule has 0 saturated carbocycles. The number of rotatable bonds is 4. The third-order valence-corrected chi connectivity index (χ3v) is 3.45. The molecule has 2 aromatic carbocycles. The minimum Gasteiger partial charge on any atom is -0.397 e. The van der Waals surface area contributed by atoms with Gasteiger partial charge in [-0.3, -0.25) is 4.79 Å². The molecule has 0 unspecified atom stereocenters. The van der Waals surface area contributed by atoms with Gasteiger partial charge in [0.15, 0.2) is 0 Å². The van der Waals surface area contributed by atoms with E-state index in [4.69, 9.17) is 17.3 Å². The molecule has 2 rings (SSSR count). The summed E-state index contributed by atoms with van der Waals surface area (Å²) in [5.74, 6) is -0.135. The zero-order valence-corrected chi connectivity index (χ0v) is 12.8. The van der Waals surface area contributed by atoms with Crippen molar-refractivity contribution in [2.45, 2.75) is 13.8 Å². The van der Waals surface area contributed by atoms with Gasteiger partial charge in [-0.15, -0.1) is 0 Å². The Labute approximate surface area is 129 Å². The molecule has 4 N–H and O–H groups in total. The lowest BCUT2D eigenvalue weighted by atomic mass is 10.1. The van der Waals surface area contributed by atoms with Gasteiger partial charge in [-0.1, -0.05) is 23.7 Å². The highest BCUT2D eigenvalue weighted by Crippen LogP contribution is 2.31. The van der Waals surface area contributed by atoms with Crippen LogP contribution in [-0.2, 0) is 0 Å². The van der Waals surface area contributed by atoms with Gasteiger partial charge in [0.1, 0.15) is 0 Å². The molecule has 110 valence electrons. The predicted octanol–water partition coefficient (Wildman–Crippen LogP) is 3.72. The fourth-order valence-electron chi connectivity index (χ4n) is 2.01. The Bertz CT molecular complexity index is 650. The Morgan fingerprint density at radius 2 is 2.05 bits per heavy atom. The Hall–Kier alpha value is -2.20. The average molecular weight is 304 g/mol. The van der Waals surface area contributed by atoms with E-state index in [0.717, 1.165) is 16.9 Å². The SMILES string of the molecule is CCNC(=O)c1ccc(Nc2c(C)cccc2Cl)c(N)c1. The molecule has 0 heterocycles. The van der Waals surface area contributed by atoms with Crippen LogP contribution < -0.4 is 16.4 Å². The summed E-state index contributed by atoms with van der Waals surface area (Å²) in [6, 6.07) is 10.8. The van der Waals surface area contributed by atoms with Crippen LogP contribution in [0.2, 0.25) is 5.02 Å². The molecule has 0 aliphatic heterocycles. The largest absolute Gasteiger partial charge is 0.397 e. The minimum atomic E-state index is -0.135. The first-order valence-corrected chi connectivity index (χ1v) is 7.10. The number of hydrogen-bond acceptors (Lipinski definition) is 3. The van der Waals surface area contributed by atoms with Gasteiger partial charge in [0, 0.05) is 12.1 Å². The third-order valence-electron chi connectivity index (χ3n) is 3.13. The Balaban J connectivity index is 2.28. The van der Waals surface area contributed by atoms with Crippen molar-refractivity contribution < 1.29 is 4.79 Å². The molecule has 0 saturated heterocycles. The highest BCUT2D eigenvalue weighted by molar-refractivity contribution is 6.33. The fraction of sp³-hybridized carbons (Fsp3) is 0.188. The zero-order valence-electron chi connectivity index (χ0n) is 12.0. The van der Waals surface area contributed by atoms with Gasteiger partial charge in [-0.05, 0) is 43.7 Å². The van der Waals surface area contributed by atoms with Crippen LogP contribution in [0, 0.1) is 6.92 Å². The Morgan fingerprint density at radius 3 is 2.67 bits per heavy atom. The number of amides is 1. The van der Waals surface area contributed by atoms with Crippen molar-refractivity contribution in [3.05, 3.63) is 52.5 Å². The molecule has 0 aromatic heterocycles. The van der Waals surface area contributed by atoms with Crippen LogP contribution in [0.15, 0.2) is 36.4 Å². The van der Waals surface area contributed by atoms with Crippen LogP contribution in [0.25, 0.3) is 0 Å². The number of nitrogens with one attached hydrogen (secondary N) is 2. The van der Waals surface area contributed by atoms with Crippen LogP contribution in [-0.4, -0.2) is 12.5 Å². The maximum atomic E-state index is 11.8. The lowest BCUT2D eigenvalue weighted by Gasteiger charge is -2.14. The second kappa shape index (κ2) is 6.50. The van der Waals surface area contributed by atoms with E-state index >= 15 is 0 Å². The number of hydrogen-bond donors (Lipinski definition) is 3. The minimum absolute atomic E-state index is 0.135. The first-order chi connectivity index (χ1) is 10.0. The highest BCUT2D eigenvalue weighted by Gasteiger charge is 2.09. The van der Waals surface area contributed by atoms with E-state index in [9.17, 15) is 4.79 Å². The van der Waals surface area contributed by atoms with Gasteiger partial charge in [-0.25, -0.2) is 0 Å². The Kier molecular flexibility index (Phi) is 4.70. The lowest BCUT2D eigenvalue weighted by molar-refractivity contribution is 0.0956. The van der Waals surface area contributed by atoms with E-state index in [-0.39, 0.29) is 5.91 Å². The quantitative estimate of drug-likeness (QED) is 0.754. The number of halogens is 1. The van der Waals surface area contributed by atoms with Gasteiger partial charge in [0.05, 0.1) is 22.1 Å². The van der Waals surface area contributed by atoms with Gasteiger partial charge < -0.3 is 16.4 Å². The molecule has 1 amide bonds. The van der Waals surface area contributed by atoms with Crippen molar-refractivity contribution in [1.29, 1.82) is 0 Å². The van der Waals surface area contributed by atoms with Crippen molar-refractivity contribution in [1.82, 2.24) is 5.32 Å². The maximum Gasteiger partial charge on any atom is 0.251 e. The average Bonchev–Trinajstić information content (AvgIpc) is 2.44. The highest BCUT2D eigenvalue weighted by atomic mass is 35.5. The smallest absolute Gasteiger partial charge is 0.251 e. The monoisotopic (exact) mass is 303 g/mol. The summed E-state index contributed by atoms with van der Waals surface area (Å²) in [5, 5.41) is 6.59. The second-order valence-corrected chi connectivity index (χ2v) is 5.13. The molecule has 0 spiro atoms.